The van der Waals surface area contributed by atoms with Crippen LogP contribution < -0.4 is 9.64 Å². The summed E-state index contributed by atoms with van der Waals surface area (Å²) in [5.41, 5.74) is 1.47. The number of fused-ring (bicyclic) bond motifs is 1. The molecular weight excluding hydrogens is 392 g/mol. The molecule has 0 radical (unpaired) electrons. The second-order valence-corrected chi connectivity index (χ2v) is 9.53. The predicted octanol–water partition coefficient (Wildman–Crippen LogP) is 1.63. The van der Waals surface area contributed by atoms with Crippen molar-refractivity contribution in [3.05, 3.63) is 60.2 Å². The number of hydrogen-bond donors (Lipinski definition) is 0. The third-order valence-corrected chi connectivity index (χ3v) is 7.02. The molecule has 0 unspecified atom stereocenters. The van der Waals surface area contributed by atoms with Gasteiger partial charge in [-0.1, -0.05) is 42.5 Å². The Morgan fingerprint density at radius 2 is 1.83 bits per heavy atom. The molecular formula is C21H22N2O5S. The molecule has 0 aromatic heterocycles. The third-order valence-electron chi connectivity index (χ3n) is 5.27. The molecule has 2 heterocycles. The highest BCUT2D eigenvalue weighted by atomic mass is 32.2. The number of hydrogen-bond acceptors (Lipinski definition) is 5. The molecule has 1 fully saturated rings. The van der Waals surface area contributed by atoms with E-state index in [2.05, 4.69) is 0 Å². The fraction of sp³-hybridized carbons (Fsp3) is 0.333. The van der Waals surface area contributed by atoms with Crippen molar-refractivity contribution in [1.82, 2.24) is 4.90 Å². The van der Waals surface area contributed by atoms with Gasteiger partial charge in [0.1, 0.15) is 12.3 Å². The van der Waals surface area contributed by atoms with Crippen molar-refractivity contribution >= 4 is 27.3 Å². The Balaban J connectivity index is 1.59. The predicted molar refractivity (Wildman–Crippen MR) is 108 cm³/mol. The second-order valence-electron chi connectivity index (χ2n) is 7.30. The molecule has 0 N–H and O–H groups in total. The zero-order chi connectivity index (χ0) is 20.4. The number of carbonyl (C=O) groups is 2. The van der Waals surface area contributed by atoms with Crippen molar-refractivity contribution < 1.29 is 22.7 Å². The van der Waals surface area contributed by atoms with E-state index in [9.17, 15) is 18.0 Å². The molecule has 1 saturated heterocycles. The van der Waals surface area contributed by atoms with Gasteiger partial charge in [-0.15, -0.1) is 0 Å². The van der Waals surface area contributed by atoms with E-state index >= 15 is 0 Å². The van der Waals surface area contributed by atoms with Gasteiger partial charge in [0, 0.05) is 12.6 Å². The molecule has 2 aromatic carbocycles. The zero-order valence-corrected chi connectivity index (χ0v) is 16.7. The van der Waals surface area contributed by atoms with Gasteiger partial charge < -0.3 is 9.64 Å². The number of ether oxygens (including phenoxy) is 1. The molecule has 2 aromatic rings. The fourth-order valence-corrected chi connectivity index (χ4v) is 5.51. The molecule has 152 valence electrons. The Morgan fingerprint density at radius 3 is 2.55 bits per heavy atom. The highest BCUT2D eigenvalue weighted by Crippen LogP contribution is 2.31. The summed E-state index contributed by atoms with van der Waals surface area (Å²) in [7, 11) is -3.15. The summed E-state index contributed by atoms with van der Waals surface area (Å²) in [5.74, 6) is 0.0177. The van der Waals surface area contributed by atoms with Crippen LogP contribution in [0.15, 0.2) is 54.6 Å². The van der Waals surface area contributed by atoms with Crippen LogP contribution in [0.5, 0.6) is 5.75 Å². The molecule has 2 aliphatic heterocycles. The van der Waals surface area contributed by atoms with Crippen LogP contribution >= 0.6 is 0 Å². The van der Waals surface area contributed by atoms with E-state index in [1.807, 2.05) is 30.3 Å². The molecule has 7 nitrogen and oxygen atoms in total. The maximum absolute atomic E-state index is 13.3. The van der Waals surface area contributed by atoms with Crippen molar-refractivity contribution in [2.24, 2.45) is 0 Å². The normalized spacial score (nSPS) is 20.1. The number of carbonyl (C=O) groups excluding carboxylic acids is 2. The van der Waals surface area contributed by atoms with Gasteiger partial charge >= 0.3 is 0 Å². The van der Waals surface area contributed by atoms with Crippen molar-refractivity contribution in [3.8, 4) is 5.75 Å². The molecule has 8 heteroatoms. The highest BCUT2D eigenvalue weighted by molar-refractivity contribution is 7.91. The number of amides is 2. The first-order valence-electron chi connectivity index (χ1n) is 9.49. The van der Waals surface area contributed by atoms with Gasteiger partial charge in [0.2, 0.25) is 5.91 Å². The van der Waals surface area contributed by atoms with Gasteiger partial charge in [-0.25, -0.2) is 8.42 Å². The van der Waals surface area contributed by atoms with Crippen molar-refractivity contribution in [3.63, 3.8) is 0 Å². The minimum absolute atomic E-state index is 0.0424. The van der Waals surface area contributed by atoms with E-state index in [4.69, 9.17) is 4.74 Å². The monoisotopic (exact) mass is 414 g/mol. The smallest absolute Gasteiger partial charge is 0.265 e. The average Bonchev–Trinajstić information content (AvgIpc) is 3.08. The lowest BCUT2D eigenvalue weighted by Gasteiger charge is -2.33. The van der Waals surface area contributed by atoms with Crippen LogP contribution in [-0.4, -0.2) is 55.8 Å². The van der Waals surface area contributed by atoms with E-state index in [0.717, 1.165) is 5.56 Å². The minimum atomic E-state index is -3.15. The minimum Gasteiger partial charge on any atom is -0.482 e. The SMILES string of the molecule is O=C1COc2ccccc2N1CC(=O)N(Cc1ccccc1)[C@@H]1CCS(=O)(=O)C1. The fourth-order valence-electron chi connectivity index (χ4n) is 3.78. The Bertz CT molecular complexity index is 1020. The second kappa shape index (κ2) is 7.87. The average molecular weight is 414 g/mol. The summed E-state index contributed by atoms with van der Waals surface area (Å²) in [5, 5.41) is 0. The van der Waals surface area contributed by atoms with E-state index in [1.165, 1.54) is 4.90 Å². The van der Waals surface area contributed by atoms with Gasteiger partial charge in [-0.3, -0.25) is 14.5 Å². The van der Waals surface area contributed by atoms with Crippen LogP contribution in [0.4, 0.5) is 5.69 Å². The Kier molecular flexibility index (Phi) is 5.27. The van der Waals surface area contributed by atoms with Crippen molar-refractivity contribution in [2.45, 2.75) is 19.0 Å². The Morgan fingerprint density at radius 1 is 1.10 bits per heavy atom. The molecule has 0 bridgehead atoms. The van der Waals surface area contributed by atoms with Gasteiger partial charge in [-0.05, 0) is 24.1 Å². The Labute approximate surface area is 169 Å². The van der Waals surface area contributed by atoms with Crippen LogP contribution in [-0.2, 0) is 26.0 Å². The molecule has 4 rings (SSSR count). The lowest BCUT2D eigenvalue weighted by atomic mass is 10.1. The number of sulfone groups is 1. The summed E-state index contributed by atoms with van der Waals surface area (Å²) < 4.78 is 29.4. The quantitative estimate of drug-likeness (QED) is 0.743. The Hall–Kier alpha value is -2.87. The maximum atomic E-state index is 13.3. The lowest BCUT2D eigenvalue weighted by molar-refractivity contribution is -0.134. The molecule has 0 aliphatic carbocycles. The summed E-state index contributed by atoms with van der Waals surface area (Å²) >= 11 is 0. The van der Waals surface area contributed by atoms with Crippen LogP contribution in [0, 0.1) is 0 Å². The van der Waals surface area contributed by atoms with Gasteiger partial charge in [0.25, 0.3) is 5.91 Å². The maximum Gasteiger partial charge on any atom is 0.265 e. The molecule has 2 aliphatic rings. The first-order valence-corrected chi connectivity index (χ1v) is 11.3. The lowest BCUT2D eigenvalue weighted by Crippen LogP contribution is -2.49. The summed E-state index contributed by atoms with van der Waals surface area (Å²) in [6.45, 7) is 0.0312. The van der Waals surface area contributed by atoms with E-state index < -0.39 is 9.84 Å². The summed E-state index contributed by atoms with van der Waals surface area (Å²) in [4.78, 5) is 28.7. The zero-order valence-electron chi connectivity index (χ0n) is 15.9. The summed E-state index contributed by atoms with van der Waals surface area (Å²) in [6.07, 6.45) is 0.411. The van der Waals surface area contributed by atoms with E-state index in [-0.39, 0.29) is 42.5 Å². The molecule has 0 saturated carbocycles. The molecule has 2 amide bonds. The van der Waals surface area contributed by atoms with Crippen molar-refractivity contribution in [1.29, 1.82) is 0 Å². The third kappa shape index (κ3) is 4.27. The number of para-hydroxylation sites is 2. The molecule has 29 heavy (non-hydrogen) atoms. The summed E-state index contributed by atoms with van der Waals surface area (Å²) in [6, 6.07) is 16.1. The first kappa shape index (κ1) is 19.4. The first-order chi connectivity index (χ1) is 13.9. The van der Waals surface area contributed by atoms with Crippen LogP contribution in [0.2, 0.25) is 0 Å². The van der Waals surface area contributed by atoms with Crippen LogP contribution in [0.1, 0.15) is 12.0 Å². The standard InChI is InChI=1S/C21H22N2O5S/c24-20(13-23-18-8-4-5-9-19(18)28-14-21(23)25)22(12-16-6-2-1-3-7-16)17-10-11-29(26,27)15-17/h1-9,17H,10-15H2/t17-/m1/s1. The van der Waals surface area contributed by atoms with Gasteiger partial charge in [0.05, 0.1) is 17.2 Å². The van der Waals surface area contributed by atoms with Crippen LogP contribution in [0.25, 0.3) is 0 Å². The van der Waals surface area contributed by atoms with E-state index in [1.54, 1.807) is 29.2 Å². The largest absolute Gasteiger partial charge is 0.482 e. The van der Waals surface area contributed by atoms with Gasteiger partial charge in [-0.2, -0.15) is 0 Å². The molecule has 1 atom stereocenters. The number of nitrogens with zero attached hydrogens (tertiary/aromatic N) is 2. The van der Waals surface area contributed by atoms with Crippen molar-refractivity contribution in [2.75, 3.05) is 29.6 Å². The topological polar surface area (TPSA) is 84.0 Å². The number of benzene rings is 2. The number of anilines is 1. The molecule has 0 spiro atoms. The number of rotatable bonds is 5. The highest BCUT2D eigenvalue weighted by Gasteiger charge is 2.36. The van der Waals surface area contributed by atoms with E-state index in [0.29, 0.717) is 24.4 Å². The van der Waals surface area contributed by atoms with Gasteiger partial charge in [0.15, 0.2) is 16.4 Å². The van der Waals surface area contributed by atoms with Crippen LogP contribution in [0.3, 0.4) is 0 Å².